The molecule has 2 heterocycles. The standard InChI is InChI=1S/C18H19N3O5S2/c1-11-7-12-8-14(27(19,23)24)3-6-17(12)21(11)28(25,26)15-4-5-16-13(9-15)10-18(22)20(16)2/h3-6,8-9,11H,7,10H2,1-2H3,(H2,19,23,24). The quantitative estimate of drug-likeness (QED) is 0.793. The molecule has 0 fully saturated rings. The van der Waals surface area contributed by atoms with Crippen LogP contribution in [-0.2, 0) is 37.7 Å². The summed E-state index contributed by atoms with van der Waals surface area (Å²) < 4.78 is 51.2. The van der Waals surface area contributed by atoms with E-state index in [2.05, 4.69) is 0 Å². The lowest BCUT2D eigenvalue weighted by Gasteiger charge is -2.25. The second-order valence-electron chi connectivity index (χ2n) is 7.11. The molecule has 28 heavy (non-hydrogen) atoms. The molecule has 0 bridgehead atoms. The number of carbonyl (C=O) groups excluding carboxylic acids is 1. The summed E-state index contributed by atoms with van der Waals surface area (Å²) in [5, 5.41) is 5.18. The molecular formula is C18H19N3O5S2. The number of fused-ring (bicyclic) bond motifs is 2. The van der Waals surface area contributed by atoms with Crippen LogP contribution in [0, 0.1) is 0 Å². The zero-order chi connectivity index (χ0) is 20.4. The highest BCUT2D eigenvalue weighted by atomic mass is 32.2. The molecule has 0 saturated carbocycles. The SMILES string of the molecule is CC1Cc2cc(S(N)(=O)=O)ccc2N1S(=O)(=O)c1ccc2c(c1)CC(=O)N2C. The van der Waals surface area contributed by atoms with Gasteiger partial charge in [0.05, 0.1) is 21.9 Å². The van der Waals surface area contributed by atoms with E-state index in [1.165, 1.54) is 39.5 Å². The molecule has 2 aliphatic heterocycles. The Balaban J connectivity index is 1.78. The molecule has 10 heteroatoms. The summed E-state index contributed by atoms with van der Waals surface area (Å²) in [5.41, 5.74) is 2.43. The maximum atomic E-state index is 13.3. The Bertz CT molecular complexity index is 1220. The summed E-state index contributed by atoms with van der Waals surface area (Å²) in [6, 6.07) is 8.49. The number of sulfonamides is 2. The molecule has 0 aliphatic carbocycles. The van der Waals surface area contributed by atoms with Gasteiger partial charge in [0.25, 0.3) is 10.0 Å². The van der Waals surface area contributed by atoms with Gasteiger partial charge in [0.15, 0.2) is 0 Å². The zero-order valence-corrected chi connectivity index (χ0v) is 16.9. The fourth-order valence-corrected chi connectivity index (χ4v) is 6.15. The van der Waals surface area contributed by atoms with Gasteiger partial charge in [-0.25, -0.2) is 22.0 Å². The van der Waals surface area contributed by atoms with Gasteiger partial charge >= 0.3 is 0 Å². The monoisotopic (exact) mass is 421 g/mol. The highest BCUT2D eigenvalue weighted by molar-refractivity contribution is 7.93. The molecule has 0 aromatic heterocycles. The third-order valence-corrected chi connectivity index (χ3v) is 8.05. The third kappa shape index (κ3) is 2.79. The zero-order valence-electron chi connectivity index (χ0n) is 15.3. The molecular weight excluding hydrogens is 402 g/mol. The maximum Gasteiger partial charge on any atom is 0.264 e. The van der Waals surface area contributed by atoms with Crippen LogP contribution in [0.25, 0.3) is 0 Å². The van der Waals surface area contributed by atoms with E-state index in [0.29, 0.717) is 28.9 Å². The van der Waals surface area contributed by atoms with Gasteiger partial charge in [0.2, 0.25) is 15.9 Å². The van der Waals surface area contributed by atoms with Crippen molar-refractivity contribution in [2.24, 2.45) is 5.14 Å². The minimum Gasteiger partial charge on any atom is -0.315 e. The summed E-state index contributed by atoms with van der Waals surface area (Å²) in [7, 11) is -6.10. The van der Waals surface area contributed by atoms with Crippen LogP contribution in [0.1, 0.15) is 18.1 Å². The Kier molecular flexibility index (Phi) is 4.07. The number of benzene rings is 2. The second-order valence-corrected chi connectivity index (χ2v) is 10.5. The Labute approximate surface area is 163 Å². The largest absolute Gasteiger partial charge is 0.315 e. The molecule has 1 amide bonds. The van der Waals surface area contributed by atoms with Gasteiger partial charge in [0.1, 0.15) is 0 Å². The van der Waals surface area contributed by atoms with Crippen molar-refractivity contribution < 1.29 is 21.6 Å². The highest BCUT2D eigenvalue weighted by Crippen LogP contribution is 2.39. The minimum atomic E-state index is -3.88. The number of hydrogen-bond acceptors (Lipinski definition) is 5. The summed E-state index contributed by atoms with van der Waals surface area (Å²) >= 11 is 0. The van der Waals surface area contributed by atoms with E-state index in [4.69, 9.17) is 5.14 Å². The summed E-state index contributed by atoms with van der Waals surface area (Å²) in [6.45, 7) is 1.76. The molecule has 2 aromatic rings. The molecule has 2 N–H and O–H groups in total. The van der Waals surface area contributed by atoms with Crippen LogP contribution in [0.4, 0.5) is 11.4 Å². The van der Waals surface area contributed by atoms with Gasteiger partial charge in [-0.15, -0.1) is 0 Å². The predicted molar refractivity (Wildman–Crippen MR) is 104 cm³/mol. The Morgan fingerprint density at radius 3 is 2.25 bits per heavy atom. The van der Waals surface area contributed by atoms with Gasteiger partial charge in [-0.1, -0.05) is 0 Å². The fraction of sp³-hybridized carbons (Fsp3) is 0.278. The number of nitrogens with two attached hydrogens (primary N) is 1. The van der Waals surface area contributed by atoms with Gasteiger partial charge < -0.3 is 4.90 Å². The van der Waals surface area contributed by atoms with Crippen LogP contribution in [0.3, 0.4) is 0 Å². The van der Waals surface area contributed by atoms with Crippen LogP contribution in [0.2, 0.25) is 0 Å². The van der Waals surface area contributed by atoms with Crippen molar-refractivity contribution >= 4 is 37.3 Å². The number of hydrogen-bond donors (Lipinski definition) is 1. The van der Waals surface area contributed by atoms with Crippen LogP contribution in [-0.4, -0.2) is 35.8 Å². The maximum absolute atomic E-state index is 13.3. The Morgan fingerprint density at radius 1 is 0.964 bits per heavy atom. The van der Waals surface area contributed by atoms with E-state index in [1.54, 1.807) is 20.0 Å². The molecule has 0 spiro atoms. The number of carbonyl (C=O) groups is 1. The van der Waals surface area contributed by atoms with Crippen LogP contribution in [0.5, 0.6) is 0 Å². The first kappa shape index (κ1) is 18.9. The van der Waals surface area contributed by atoms with Crippen molar-refractivity contribution in [3.63, 3.8) is 0 Å². The van der Waals surface area contributed by atoms with Crippen LogP contribution in [0.15, 0.2) is 46.2 Å². The normalized spacial score (nSPS) is 19.1. The summed E-state index contributed by atoms with van der Waals surface area (Å²) in [5.74, 6) is -0.0834. The van der Waals surface area contributed by atoms with Gasteiger partial charge in [0, 0.05) is 18.8 Å². The summed E-state index contributed by atoms with van der Waals surface area (Å²) in [4.78, 5) is 13.4. The summed E-state index contributed by atoms with van der Waals surface area (Å²) in [6.07, 6.45) is 0.545. The average Bonchev–Trinajstić information content (AvgIpc) is 3.09. The first-order valence-electron chi connectivity index (χ1n) is 8.60. The van der Waals surface area contributed by atoms with Crippen LogP contribution >= 0.6 is 0 Å². The van der Waals surface area contributed by atoms with Crippen LogP contribution < -0.4 is 14.3 Å². The van der Waals surface area contributed by atoms with E-state index < -0.39 is 20.0 Å². The van der Waals surface area contributed by atoms with Crippen molar-refractivity contribution in [1.82, 2.24) is 0 Å². The fourth-order valence-electron chi connectivity index (χ4n) is 3.84. The second kappa shape index (κ2) is 6.03. The number of amides is 1. The minimum absolute atomic E-state index is 0.0446. The number of primary sulfonamides is 1. The van der Waals surface area contributed by atoms with Crippen molar-refractivity contribution in [2.75, 3.05) is 16.3 Å². The molecule has 148 valence electrons. The van der Waals surface area contributed by atoms with E-state index in [0.717, 1.165) is 0 Å². The van der Waals surface area contributed by atoms with Crippen molar-refractivity contribution in [3.05, 3.63) is 47.5 Å². The third-order valence-electron chi connectivity index (χ3n) is 5.22. The number of nitrogens with zero attached hydrogens (tertiary/aromatic N) is 2. The molecule has 0 radical (unpaired) electrons. The van der Waals surface area contributed by atoms with Gasteiger partial charge in [-0.05, 0) is 60.9 Å². The lowest BCUT2D eigenvalue weighted by molar-refractivity contribution is -0.117. The molecule has 1 unspecified atom stereocenters. The van der Waals surface area contributed by atoms with E-state index in [1.807, 2.05) is 0 Å². The van der Waals surface area contributed by atoms with E-state index in [9.17, 15) is 21.6 Å². The molecule has 1 atom stereocenters. The number of rotatable bonds is 3. The smallest absolute Gasteiger partial charge is 0.264 e. The van der Waals surface area contributed by atoms with Crippen molar-refractivity contribution in [3.8, 4) is 0 Å². The molecule has 2 aliphatic rings. The van der Waals surface area contributed by atoms with Crippen molar-refractivity contribution in [1.29, 1.82) is 0 Å². The first-order valence-corrected chi connectivity index (χ1v) is 11.6. The highest BCUT2D eigenvalue weighted by Gasteiger charge is 2.37. The lowest BCUT2D eigenvalue weighted by Crippen LogP contribution is -2.35. The number of anilines is 2. The predicted octanol–water partition coefficient (Wildman–Crippen LogP) is 0.993. The molecule has 4 rings (SSSR count). The molecule has 8 nitrogen and oxygen atoms in total. The molecule has 0 saturated heterocycles. The van der Waals surface area contributed by atoms with E-state index >= 15 is 0 Å². The lowest BCUT2D eigenvalue weighted by atomic mass is 10.1. The molecule has 2 aromatic carbocycles. The topological polar surface area (TPSA) is 118 Å². The van der Waals surface area contributed by atoms with E-state index in [-0.39, 0.29) is 28.2 Å². The van der Waals surface area contributed by atoms with Gasteiger partial charge in [-0.2, -0.15) is 0 Å². The first-order chi connectivity index (χ1) is 13.0. The Hall–Kier alpha value is -2.43. The van der Waals surface area contributed by atoms with Crippen molar-refractivity contribution in [2.45, 2.75) is 35.6 Å². The number of likely N-dealkylation sites (N-methyl/N-ethyl adjacent to an activating group) is 1. The Morgan fingerprint density at radius 2 is 1.57 bits per heavy atom. The average molecular weight is 422 g/mol. The van der Waals surface area contributed by atoms with Gasteiger partial charge in [-0.3, -0.25) is 9.10 Å².